The Morgan fingerprint density at radius 1 is 1.38 bits per heavy atom. The van der Waals surface area contributed by atoms with Gasteiger partial charge in [0.1, 0.15) is 11.6 Å². The molecule has 7 heteroatoms. The SMILES string of the molecule is CC(O)(CNC(=O)C=Cc1c(F)cccc1F)CN1CCOCC1. The molecule has 0 aliphatic carbocycles. The van der Waals surface area contributed by atoms with Crippen molar-refractivity contribution in [3.63, 3.8) is 0 Å². The van der Waals surface area contributed by atoms with E-state index in [0.717, 1.165) is 37.4 Å². The monoisotopic (exact) mass is 340 g/mol. The number of hydrogen-bond acceptors (Lipinski definition) is 4. The number of amides is 1. The third kappa shape index (κ3) is 5.67. The maximum atomic E-state index is 13.5. The van der Waals surface area contributed by atoms with Crippen molar-refractivity contribution in [2.45, 2.75) is 12.5 Å². The topological polar surface area (TPSA) is 61.8 Å². The Morgan fingerprint density at radius 3 is 2.62 bits per heavy atom. The molecule has 0 spiro atoms. The highest BCUT2D eigenvalue weighted by Crippen LogP contribution is 2.13. The largest absolute Gasteiger partial charge is 0.387 e. The van der Waals surface area contributed by atoms with Gasteiger partial charge in [-0.3, -0.25) is 9.69 Å². The van der Waals surface area contributed by atoms with Crippen LogP contribution in [0, 0.1) is 11.6 Å². The zero-order valence-corrected chi connectivity index (χ0v) is 13.6. The number of morpholine rings is 1. The van der Waals surface area contributed by atoms with Crippen LogP contribution in [-0.2, 0) is 9.53 Å². The average molecular weight is 340 g/mol. The van der Waals surface area contributed by atoms with Crippen LogP contribution in [-0.4, -0.2) is 60.9 Å². The number of nitrogens with zero attached hydrogens (tertiary/aromatic N) is 1. The second-order valence-corrected chi connectivity index (χ2v) is 6.07. The lowest BCUT2D eigenvalue weighted by molar-refractivity contribution is -0.117. The lowest BCUT2D eigenvalue weighted by Gasteiger charge is -2.33. The molecule has 1 aliphatic rings. The van der Waals surface area contributed by atoms with E-state index in [2.05, 4.69) is 10.2 Å². The minimum Gasteiger partial charge on any atom is -0.387 e. The highest BCUT2D eigenvalue weighted by Gasteiger charge is 2.25. The first-order valence-corrected chi connectivity index (χ1v) is 7.80. The van der Waals surface area contributed by atoms with Crippen molar-refractivity contribution in [1.82, 2.24) is 10.2 Å². The summed E-state index contributed by atoms with van der Waals surface area (Å²) >= 11 is 0. The highest BCUT2D eigenvalue weighted by molar-refractivity contribution is 5.91. The zero-order valence-electron chi connectivity index (χ0n) is 13.6. The lowest BCUT2D eigenvalue weighted by Crippen LogP contribution is -2.51. The number of carbonyl (C=O) groups excluding carboxylic acids is 1. The van der Waals surface area contributed by atoms with E-state index in [4.69, 9.17) is 4.74 Å². The number of hydrogen-bond donors (Lipinski definition) is 2. The molecule has 2 N–H and O–H groups in total. The molecule has 0 bridgehead atoms. The van der Waals surface area contributed by atoms with E-state index in [0.29, 0.717) is 19.8 Å². The van der Waals surface area contributed by atoms with Crippen LogP contribution in [0.1, 0.15) is 12.5 Å². The van der Waals surface area contributed by atoms with Crippen LogP contribution in [0.15, 0.2) is 24.3 Å². The fraction of sp³-hybridized carbons (Fsp3) is 0.471. The van der Waals surface area contributed by atoms with Crippen LogP contribution in [0.5, 0.6) is 0 Å². The lowest BCUT2D eigenvalue weighted by atomic mass is 10.1. The maximum absolute atomic E-state index is 13.5. The van der Waals surface area contributed by atoms with Gasteiger partial charge in [0.2, 0.25) is 5.91 Å². The van der Waals surface area contributed by atoms with Crippen molar-refractivity contribution in [1.29, 1.82) is 0 Å². The molecule has 2 rings (SSSR count). The van der Waals surface area contributed by atoms with Crippen LogP contribution in [0.3, 0.4) is 0 Å². The average Bonchev–Trinajstić information content (AvgIpc) is 2.53. The predicted molar refractivity (Wildman–Crippen MR) is 86.3 cm³/mol. The fourth-order valence-electron chi connectivity index (χ4n) is 2.46. The van der Waals surface area contributed by atoms with Gasteiger partial charge in [-0.25, -0.2) is 8.78 Å². The molecule has 1 aliphatic heterocycles. The van der Waals surface area contributed by atoms with Crippen LogP contribution in [0.25, 0.3) is 6.08 Å². The van der Waals surface area contributed by atoms with Gasteiger partial charge in [0.05, 0.1) is 18.8 Å². The standard InChI is InChI=1S/C17H22F2N2O3/c1-17(23,12-21-7-9-24-10-8-21)11-20-16(22)6-5-13-14(18)3-2-4-15(13)19/h2-6,23H,7-12H2,1H3,(H,20,22). The summed E-state index contributed by atoms with van der Waals surface area (Å²) in [4.78, 5) is 13.8. The van der Waals surface area contributed by atoms with Crippen molar-refractivity contribution in [3.8, 4) is 0 Å². The van der Waals surface area contributed by atoms with Crippen LogP contribution < -0.4 is 5.32 Å². The van der Waals surface area contributed by atoms with Crippen molar-refractivity contribution in [3.05, 3.63) is 41.5 Å². The quantitative estimate of drug-likeness (QED) is 0.764. The summed E-state index contributed by atoms with van der Waals surface area (Å²) in [5.41, 5.74) is -1.38. The molecule has 24 heavy (non-hydrogen) atoms. The first kappa shape index (κ1) is 18.5. The van der Waals surface area contributed by atoms with Gasteiger partial charge >= 0.3 is 0 Å². The van der Waals surface area contributed by atoms with E-state index in [1.807, 2.05) is 0 Å². The first-order valence-electron chi connectivity index (χ1n) is 7.80. The number of β-amino-alcohol motifs (C(OH)–C–C–N with tert-alkyl or cyclic N) is 1. The van der Waals surface area contributed by atoms with Gasteiger partial charge in [-0.15, -0.1) is 0 Å². The molecule has 0 radical (unpaired) electrons. The molecular weight excluding hydrogens is 318 g/mol. The summed E-state index contributed by atoms with van der Waals surface area (Å²) in [5, 5.41) is 12.9. The van der Waals surface area contributed by atoms with Gasteiger partial charge in [0.25, 0.3) is 0 Å². The number of ether oxygens (including phenoxy) is 1. The van der Waals surface area contributed by atoms with E-state index in [-0.39, 0.29) is 12.1 Å². The molecule has 1 amide bonds. The van der Waals surface area contributed by atoms with Crippen molar-refractivity contribution in [2.24, 2.45) is 0 Å². The minimum atomic E-state index is -1.11. The number of carbonyl (C=O) groups is 1. The van der Waals surface area contributed by atoms with Crippen molar-refractivity contribution < 1.29 is 23.4 Å². The number of benzene rings is 1. The molecule has 1 saturated heterocycles. The van der Waals surface area contributed by atoms with Crippen molar-refractivity contribution >= 4 is 12.0 Å². The van der Waals surface area contributed by atoms with Crippen molar-refractivity contribution in [2.75, 3.05) is 39.4 Å². The van der Waals surface area contributed by atoms with E-state index in [1.54, 1.807) is 6.92 Å². The zero-order chi connectivity index (χ0) is 17.6. The Kier molecular flexibility index (Phi) is 6.42. The van der Waals surface area contributed by atoms with Crippen LogP contribution in [0.2, 0.25) is 0 Å². The summed E-state index contributed by atoms with van der Waals surface area (Å²) < 4.78 is 32.2. The molecule has 132 valence electrons. The second kappa shape index (κ2) is 8.32. The Hall–Kier alpha value is -1.83. The Labute approximate surface area is 139 Å². The van der Waals surface area contributed by atoms with Gasteiger partial charge in [-0.05, 0) is 25.1 Å². The molecule has 1 aromatic carbocycles. The van der Waals surface area contributed by atoms with Crippen LogP contribution >= 0.6 is 0 Å². The first-order chi connectivity index (χ1) is 11.4. The van der Waals surface area contributed by atoms with E-state index in [1.165, 1.54) is 6.07 Å². The highest BCUT2D eigenvalue weighted by atomic mass is 19.1. The molecule has 1 aromatic rings. The van der Waals surface area contributed by atoms with E-state index < -0.39 is 23.1 Å². The molecule has 1 heterocycles. The maximum Gasteiger partial charge on any atom is 0.244 e. The normalized spacial score (nSPS) is 18.5. The molecule has 0 saturated carbocycles. The Balaban J connectivity index is 1.84. The molecule has 0 aromatic heterocycles. The molecular formula is C17H22F2N2O3. The van der Waals surface area contributed by atoms with Gasteiger partial charge < -0.3 is 15.2 Å². The van der Waals surface area contributed by atoms with E-state index in [9.17, 15) is 18.7 Å². The summed E-state index contributed by atoms with van der Waals surface area (Å²) in [6.07, 6.45) is 2.13. The number of rotatable bonds is 6. The molecule has 1 atom stereocenters. The molecule has 1 fully saturated rings. The smallest absolute Gasteiger partial charge is 0.244 e. The predicted octanol–water partition coefficient (Wildman–Crippen LogP) is 1.18. The van der Waals surface area contributed by atoms with Gasteiger partial charge in [-0.2, -0.15) is 0 Å². The summed E-state index contributed by atoms with van der Waals surface area (Å²) in [7, 11) is 0. The molecule has 5 nitrogen and oxygen atoms in total. The van der Waals surface area contributed by atoms with Gasteiger partial charge in [0, 0.05) is 37.8 Å². The summed E-state index contributed by atoms with van der Waals surface area (Å²) in [5.74, 6) is -2.00. The third-order valence-corrected chi connectivity index (χ3v) is 3.71. The Morgan fingerprint density at radius 2 is 2.00 bits per heavy atom. The number of halogens is 2. The molecule has 1 unspecified atom stereocenters. The number of nitrogens with one attached hydrogen (secondary N) is 1. The number of aliphatic hydroxyl groups is 1. The van der Waals surface area contributed by atoms with Gasteiger partial charge in [0.15, 0.2) is 0 Å². The van der Waals surface area contributed by atoms with Gasteiger partial charge in [-0.1, -0.05) is 6.07 Å². The Bertz CT molecular complexity index is 579. The summed E-state index contributed by atoms with van der Waals surface area (Å²) in [6, 6.07) is 3.49. The van der Waals surface area contributed by atoms with E-state index >= 15 is 0 Å². The van der Waals surface area contributed by atoms with Crippen LogP contribution in [0.4, 0.5) is 8.78 Å². The fourth-order valence-corrected chi connectivity index (χ4v) is 2.46. The summed E-state index contributed by atoms with van der Waals surface area (Å²) in [6.45, 7) is 4.78. The minimum absolute atomic E-state index is 0.0350. The third-order valence-electron chi connectivity index (χ3n) is 3.71. The second-order valence-electron chi connectivity index (χ2n) is 6.07.